The summed E-state index contributed by atoms with van der Waals surface area (Å²) in [6.07, 6.45) is 1.61. The maximum Gasteiger partial charge on any atom is 0.164 e. The van der Waals surface area contributed by atoms with Crippen molar-refractivity contribution in [2.45, 2.75) is 12.5 Å². The fourth-order valence-electron chi connectivity index (χ4n) is 0.686. The van der Waals surface area contributed by atoms with Crippen molar-refractivity contribution < 1.29 is 8.74 Å². The van der Waals surface area contributed by atoms with E-state index in [0.717, 1.165) is 19.6 Å². The van der Waals surface area contributed by atoms with Gasteiger partial charge < -0.3 is 4.74 Å². The second kappa shape index (κ2) is 2.45. The Morgan fingerprint density at radius 3 is 2.56 bits per heavy atom. The smallest absolute Gasteiger partial charge is 0.164 e. The van der Waals surface area contributed by atoms with Crippen molar-refractivity contribution in [2.24, 2.45) is 0 Å². The average Bonchev–Trinajstić information content (AvgIpc) is 2.38. The van der Waals surface area contributed by atoms with Crippen LogP contribution in [-0.4, -0.2) is 37.4 Å². The molecule has 1 heterocycles. The largest absolute Gasteiger partial charge is 0.373 e. The van der Waals surface area contributed by atoms with E-state index in [1.54, 1.807) is 0 Å². The van der Waals surface area contributed by atoms with Gasteiger partial charge in [-0.2, -0.15) is 0 Å². The summed E-state index contributed by atoms with van der Waals surface area (Å²) in [6, 6.07) is 0. The second-order valence-corrected chi connectivity index (χ2v) is 3.92. The predicted molar refractivity (Wildman–Crippen MR) is 37.2 cm³/mol. The van der Waals surface area contributed by atoms with Crippen LogP contribution in [0.4, 0.5) is 0 Å². The fraction of sp³-hybridized carbons (Fsp3) is 1.00. The Labute approximate surface area is 61.1 Å². The van der Waals surface area contributed by atoms with Crippen molar-refractivity contribution in [3.05, 3.63) is 0 Å². The van der Waals surface area contributed by atoms with Crippen LogP contribution in [0.2, 0.25) is 0 Å². The minimum Gasteiger partial charge on any atom is -0.373 e. The molecule has 0 saturated carbocycles. The predicted octanol–water partition coefficient (Wildman–Crippen LogP) is 1.01. The molecule has 0 aromatic heterocycles. The zero-order valence-electron chi connectivity index (χ0n) is 5.93. The summed E-state index contributed by atoms with van der Waals surface area (Å²) >= 11 is 5.89. The maximum atomic E-state index is 5.89. The Balaban J connectivity index is 2.03. The Bertz CT molecular complexity index is 95.7. The molecule has 0 amide bonds. The maximum absolute atomic E-state index is 5.89. The van der Waals surface area contributed by atoms with Crippen molar-refractivity contribution in [3.63, 3.8) is 0 Å². The highest BCUT2D eigenvalue weighted by Crippen LogP contribution is 2.16. The van der Waals surface area contributed by atoms with Gasteiger partial charge >= 0.3 is 0 Å². The van der Waals surface area contributed by atoms with Crippen LogP contribution in [0.5, 0.6) is 0 Å². The standard InChI is InChI=1S/C6H13ClNO/c1-8(2,7)4-3-6-5-9-6/h6H,3-5H2,1-2H3/q+1. The minimum atomic E-state index is 0.515. The van der Waals surface area contributed by atoms with Gasteiger partial charge in [-0.25, -0.2) is 4.00 Å². The van der Waals surface area contributed by atoms with E-state index in [2.05, 4.69) is 0 Å². The lowest BCUT2D eigenvalue weighted by atomic mass is 10.3. The van der Waals surface area contributed by atoms with Crippen molar-refractivity contribution >= 4 is 11.8 Å². The number of hydrogen-bond donors (Lipinski definition) is 0. The monoisotopic (exact) mass is 150 g/mol. The molecule has 0 spiro atoms. The molecule has 1 aliphatic rings. The van der Waals surface area contributed by atoms with E-state index in [0.29, 0.717) is 10.1 Å². The van der Waals surface area contributed by atoms with Crippen LogP contribution in [0.25, 0.3) is 0 Å². The van der Waals surface area contributed by atoms with Gasteiger partial charge in [-0.3, -0.25) is 0 Å². The first-order valence-corrected chi connectivity index (χ1v) is 3.56. The van der Waals surface area contributed by atoms with Gasteiger partial charge in [0.2, 0.25) is 0 Å². The lowest BCUT2D eigenvalue weighted by molar-refractivity contribution is -0.771. The summed E-state index contributed by atoms with van der Waals surface area (Å²) in [5.41, 5.74) is 0. The van der Waals surface area contributed by atoms with E-state index in [1.165, 1.54) is 0 Å². The van der Waals surface area contributed by atoms with Gasteiger partial charge in [-0.05, 0) is 0 Å². The molecule has 2 nitrogen and oxygen atoms in total. The fourth-order valence-corrected chi connectivity index (χ4v) is 0.783. The first-order chi connectivity index (χ1) is 4.08. The molecule has 0 N–H and O–H groups in total. The van der Waals surface area contributed by atoms with Crippen LogP contribution in [0, 0.1) is 0 Å². The molecule has 1 saturated heterocycles. The van der Waals surface area contributed by atoms with E-state index < -0.39 is 0 Å². The van der Waals surface area contributed by atoms with Crippen LogP contribution >= 0.6 is 11.8 Å². The number of halogens is 1. The highest BCUT2D eigenvalue weighted by Gasteiger charge is 2.25. The van der Waals surface area contributed by atoms with Gasteiger partial charge in [0, 0.05) is 6.42 Å². The SMILES string of the molecule is C[N+](C)(Cl)CCC1CO1. The molecule has 54 valence electrons. The molecule has 1 fully saturated rings. The molecule has 1 aliphatic heterocycles. The molecule has 1 unspecified atom stereocenters. The van der Waals surface area contributed by atoms with Crippen molar-refractivity contribution in [3.8, 4) is 0 Å². The first-order valence-electron chi connectivity index (χ1n) is 3.22. The van der Waals surface area contributed by atoms with E-state index in [-0.39, 0.29) is 0 Å². The van der Waals surface area contributed by atoms with Crippen LogP contribution in [-0.2, 0) is 4.74 Å². The molecule has 0 aromatic carbocycles. The lowest BCUT2D eigenvalue weighted by Gasteiger charge is -2.16. The number of nitrogens with zero attached hydrogens (tertiary/aromatic N) is 1. The third-order valence-electron chi connectivity index (χ3n) is 1.39. The molecule has 1 rings (SSSR count). The van der Waals surface area contributed by atoms with E-state index in [9.17, 15) is 0 Å². The Morgan fingerprint density at radius 1 is 1.67 bits per heavy atom. The van der Waals surface area contributed by atoms with Crippen LogP contribution < -0.4 is 0 Å². The highest BCUT2D eigenvalue weighted by molar-refractivity contribution is 6.06. The van der Waals surface area contributed by atoms with Gasteiger partial charge in [-0.15, -0.1) is 0 Å². The minimum absolute atomic E-state index is 0.515. The van der Waals surface area contributed by atoms with Crippen molar-refractivity contribution in [2.75, 3.05) is 27.2 Å². The van der Waals surface area contributed by atoms with Gasteiger partial charge in [0.1, 0.15) is 0 Å². The molecule has 0 aromatic rings. The van der Waals surface area contributed by atoms with Crippen molar-refractivity contribution in [1.29, 1.82) is 0 Å². The first kappa shape index (κ1) is 7.32. The van der Waals surface area contributed by atoms with Crippen LogP contribution in [0.15, 0.2) is 0 Å². The summed E-state index contributed by atoms with van der Waals surface area (Å²) in [5.74, 6) is 0. The van der Waals surface area contributed by atoms with Gasteiger partial charge in [-0.1, -0.05) is 0 Å². The molecule has 1 atom stereocenters. The zero-order valence-corrected chi connectivity index (χ0v) is 6.69. The third-order valence-corrected chi connectivity index (χ3v) is 1.55. The lowest BCUT2D eigenvalue weighted by Crippen LogP contribution is -2.29. The van der Waals surface area contributed by atoms with Crippen LogP contribution in [0.3, 0.4) is 0 Å². The number of quaternary nitrogens is 1. The average molecular weight is 151 g/mol. The quantitative estimate of drug-likeness (QED) is 0.432. The Kier molecular flexibility index (Phi) is 1.99. The normalized spacial score (nSPS) is 26.3. The molecule has 9 heavy (non-hydrogen) atoms. The Hall–Kier alpha value is 0.210. The topological polar surface area (TPSA) is 12.5 Å². The van der Waals surface area contributed by atoms with Gasteiger partial charge in [0.25, 0.3) is 0 Å². The number of hydrogen-bond acceptors (Lipinski definition) is 1. The summed E-state index contributed by atoms with van der Waals surface area (Å²) in [5, 5.41) is 0. The van der Waals surface area contributed by atoms with Gasteiger partial charge in [0.15, 0.2) is 11.8 Å². The van der Waals surface area contributed by atoms with Crippen LogP contribution in [0.1, 0.15) is 6.42 Å². The summed E-state index contributed by atoms with van der Waals surface area (Å²) < 4.78 is 5.56. The highest BCUT2D eigenvalue weighted by atomic mass is 35.5. The number of ether oxygens (including phenoxy) is 1. The molecule has 0 radical (unpaired) electrons. The summed E-state index contributed by atoms with van der Waals surface area (Å²) in [6.45, 7) is 1.93. The molecular formula is C6H13ClNO+. The molecular weight excluding hydrogens is 138 g/mol. The summed E-state index contributed by atoms with van der Waals surface area (Å²) in [4.78, 5) is 0. The summed E-state index contributed by atoms with van der Waals surface area (Å²) in [7, 11) is 3.95. The number of rotatable bonds is 3. The van der Waals surface area contributed by atoms with Crippen molar-refractivity contribution in [1.82, 2.24) is 0 Å². The van der Waals surface area contributed by atoms with Gasteiger partial charge in [0.05, 0.1) is 33.4 Å². The number of epoxide rings is 1. The van der Waals surface area contributed by atoms with E-state index in [1.807, 2.05) is 14.1 Å². The third kappa shape index (κ3) is 3.73. The van der Waals surface area contributed by atoms with E-state index in [4.69, 9.17) is 16.5 Å². The molecule has 0 aliphatic carbocycles. The Morgan fingerprint density at radius 2 is 2.22 bits per heavy atom. The van der Waals surface area contributed by atoms with E-state index >= 15 is 0 Å². The molecule has 3 heteroatoms. The molecule has 0 bridgehead atoms. The zero-order chi connectivity index (χ0) is 6.91. The second-order valence-electron chi connectivity index (χ2n) is 3.00.